The number of likely N-dealkylation sites (N-methyl/N-ethyl adjacent to an activating group) is 1. The average molecular weight is 718 g/mol. The number of rotatable bonds is 37. The predicted molar refractivity (Wildman–Crippen MR) is 208 cm³/mol. The van der Waals surface area contributed by atoms with E-state index in [0.717, 1.165) is 32.1 Å². The Labute approximate surface area is 303 Å². The predicted octanol–water partition coefficient (Wildman–Crippen LogP) is 10.8. The van der Waals surface area contributed by atoms with Gasteiger partial charge in [0.05, 0.1) is 39.9 Å². The van der Waals surface area contributed by atoms with Crippen LogP contribution in [0.1, 0.15) is 187 Å². The van der Waals surface area contributed by atoms with Gasteiger partial charge in [-0.2, -0.15) is 0 Å². The Morgan fingerprint density at radius 1 is 0.673 bits per heavy atom. The number of hydrogen-bond donors (Lipinski definition) is 3. The van der Waals surface area contributed by atoms with Gasteiger partial charge in [0, 0.05) is 6.42 Å². The van der Waals surface area contributed by atoms with Crippen molar-refractivity contribution in [1.29, 1.82) is 0 Å². The van der Waals surface area contributed by atoms with Crippen LogP contribution in [0.15, 0.2) is 12.2 Å². The quantitative estimate of drug-likeness (QED) is 0.0256. The monoisotopic (exact) mass is 718 g/mol. The fourth-order valence-corrected chi connectivity index (χ4v) is 6.66. The molecule has 0 radical (unpaired) electrons. The van der Waals surface area contributed by atoms with E-state index in [-0.39, 0.29) is 19.1 Å². The van der Waals surface area contributed by atoms with Gasteiger partial charge in [0.1, 0.15) is 13.2 Å². The molecule has 0 saturated heterocycles. The first kappa shape index (κ1) is 48.2. The number of quaternary nitrogens is 1. The summed E-state index contributed by atoms with van der Waals surface area (Å²) in [6.45, 7) is 4.80. The highest BCUT2D eigenvalue weighted by atomic mass is 31.2. The number of unbranched alkanes of at least 4 members (excludes halogenated alkanes) is 24. The molecule has 3 N–H and O–H groups in total. The molecule has 0 heterocycles. The van der Waals surface area contributed by atoms with Crippen molar-refractivity contribution < 1.29 is 32.9 Å². The van der Waals surface area contributed by atoms with Gasteiger partial charge in [-0.05, 0) is 19.3 Å². The Morgan fingerprint density at radius 3 is 1.51 bits per heavy atom. The summed E-state index contributed by atoms with van der Waals surface area (Å²) in [5, 5.41) is 13.8. The normalized spacial score (nSPS) is 14.7. The molecule has 3 atom stereocenters. The number of amides is 1. The molecule has 0 rings (SSSR count). The highest BCUT2D eigenvalue weighted by Crippen LogP contribution is 2.43. The SMILES string of the molecule is CCCCCCCCCCCCCCCC/C=C/C(O)C(COP(=O)(O)OCC[N+](C)(C)C)NC(=O)CCCCCCCCCCCCC. The summed E-state index contributed by atoms with van der Waals surface area (Å²) in [7, 11) is 1.58. The maximum absolute atomic E-state index is 12.8. The van der Waals surface area contributed by atoms with Gasteiger partial charge < -0.3 is 19.8 Å². The van der Waals surface area contributed by atoms with Gasteiger partial charge in [-0.3, -0.25) is 13.8 Å². The second-order valence-electron chi connectivity index (χ2n) is 15.4. The topological polar surface area (TPSA) is 105 Å². The maximum atomic E-state index is 12.8. The molecule has 0 aromatic heterocycles. The van der Waals surface area contributed by atoms with E-state index in [4.69, 9.17) is 9.05 Å². The smallest absolute Gasteiger partial charge is 0.387 e. The van der Waals surface area contributed by atoms with E-state index in [0.29, 0.717) is 17.4 Å². The van der Waals surface area contributed by atoms with E-state index in [9.17, 15) is 19.4 Å². The summed E-state index contributed by atoms with van der Waals surface area (Å²) in [6, 6.07) is -0.838. The molecule has 0 bridgehead atoms. The summed E-state index contributed by atoms with van der Waals surface area (Å²) < 4.78 is 23.5. The molecular weight excluding hydrogens is 635 g/mol. The number of allylic oxidation sites excluding steroid dienone is 1. The van der Waals surface area contributed by atoms with Crippen LogP contribution in [0.25, 0.3) is 0 Å². The van der Waals surface area contributed by atoms with Crippen molar-refractivity contribution in [3.05, 3.63) is 12.2 Å². The molecule has 0 aliphatic rings. The standard InChI is InChI=1S/C40H81N2O6P/c1-6-8-10-12-14-16-18-19-20-21-22-24-25-27-29-31-33-39(43)38(37-48-49(45,46)47-36-35-42(3,4)5)41-40(44)34-32-30-28-26-23-17-15-13-11-9-7-2/h31,33,38-39,43H,6-30,32,34-37H2,1-5H3,(H-,41,44,45,46)/p+1/b33-31+. The van der Waals surface area contributed by atoms with Crippen LogP contribution >= 0.6 is 7.82 Å². The third-order valence-corrected chi connectivity index (χ3v) is 10.2. The molecule has 0 aliphatic heterocycles. The van der Waals surface area contributed by atoms with Gasteiger partial charge >= 0.3 is 7.82 Å². The lowest BCUT2D eigenvalue weighted by molar-refractivity contribution is -0.870. The van der Waals surface area contributed by atoms with Crippen LogP contribution in [0.5, 0.6) is 0 Å². The van der Waals surface area contributed by atoms with Gasteiger partial charge in [0.15, 0.2) is 0 Å². The number of phosphoric ester groups is 1. The zero-order valence-electron chi connectivity index (χ0n) is 32.9. The van der Waals surface area contributed by atoms with Crippen molar-refractivity contribution in [3.8, 4) is 0 Å². The Kier molecular flexibility index (Phi) is 32.6. The average Bonchev–Trinajstić information content (AvgIpc) is 3.04. The van der Waals surface area contributed by atoms with Gasteiger partial charge in [0.2, 0.25) is 5.91 Å². The zero-order valence-corrected chi connectivity index (χ0v) is 33.8. The molecule has 0 saturated carbocycles. The van der Waals surface area contributed by atoms with Crippen molar-refractivity contribution in [3.63, 3.8) is 0 Å². The Hall–Kier alpha value is -0.760. The van der Waals surface area contributed by atoms with Crippen LogP contribution in [0.3, 0.4) is 0 Å². The van der Waals surface area contributed by atoms with Crippen LogP contribution in [-0.4, -0.2) is 73.4 Å². The lowest BCUT2D eigenvalue weighted by Crippen LogP contribution is -2.45. The number of phosphoric acid groups is 1. The van der Waals surface area contributed by atoms with Crippen LogP contribution in [0.4, 0.5) is 0 Å². The minimum Gasteiger partial charge on any atom is -0.387 e. The molecule has 49 heavy (non-hydrogen) atoms. The third-order valence-electron chi connectivity index (χ3n) is 9.26. The van der Waals surface area contributed by atoms with Crippen molar-refractivity contribution in [2.24, 2.45) is 0 Å². The van der Waals surface area contributed by atoms with Gasteiger partial charge in [-0.15, -0.1) is 0 Å². The highest BCUT2D eigenvalue weighted by Gasteiger charge is 2.27. The van der Waals surface area contributed by atoms with E-state index in [2.05, 4.69) is 19.2 Å². The van der Waals surface area contributed by atoms with E-state index in [1.807, 2.05) is 27.2 Å². The Morgan fingerprint density at radius 2 is 1.08 bits per heavy atom. The van der Waals surface area contributed by atoms with Gasteiger partial charge in [-0.25, -0.2) is 4.57 Å². The van der Waals surface area contributed by atoms with Gasteiger partial charge in [-0.1, -0.05) is 174 Å². The molecule has 0 fully saturated rings. The molecule has 0 aromatic rings. The summed E-state index contributed by atoms with van der Waals surface area (Å²) in [5.41, 5.74) is 0. The lowest BCUT2D eigenvalue weighted by atomic mass is 10.0. The minimum atomic E-state index is -4.32. The zero-order chi connectivity index (χ0) is 36.5. The largest absolute Gasteiger partial charge is 0.472 e. The first-order chi connectivity index (χ1) is 23.5. The number of carbonyl (C=O) groups excluding carboxylic acids is 1. The molecule has 0 aromatic carbocycles. The highest BCUT2D eigenvalue weighted by molar-refractivity contribution is 7.47. The number of aliphatic hydroxyl groups is 1. The van der Waals surface area contributed by atoms with Crippen molar-refractivity contribution in [2.75, 3.05) is 40.9 Å². The molecule has 292 valence electrons. The van der Waals surface area contributed by atoms with Crippen LogP contribution in [0.2, 0.25) is 0 Å². The molecule has 9 heteroatoms. The van der Waals surface area contributed by atoms with Gasteiger partial charge in [0.25, 0.3) is 0 Å². The molecule has 0 spiro atoms. The Bertz CT molecular complexity index is 819. The molecule has 8 nitrogen and oxygen atoms in total. The lowest BCUT2D eigenvalue weighted by Gasteiger charge is -2.25. The maximum Gasteiger partial charge on any atom is 0.472 e. The van der Waals surface area contributed by atoms with Crippen molar-refractivity contribution >= 4 is 13.7 Å². The second kappa shape index (κ2) is 33.1. The molecule has 3 unspecified atom stereocenters. The molecular formula is C40H82N2O6P+. The second-order valence-corrected chi connectivity index (χ2v) is 16.8. The summed E-state index contributed by atoms with van der Waals surface area (Å²) in [6.07, 6.45) is 35.5. The number of hydrogen-bond acceptors (Lipinski definition) is 5. The fraction of sp³-hybridized carbons (Fsp3) is 0.925. The van der Waals surface area contributed by atoms with Crippen LogP contribution < -0.4 is 5.32 Å². The summed E-state index contributed by atoms with van der Waals surface area (Å²) in [5.74, 6) is -0.178. The van der Waals surface area contributed by atoms with E-state index < -0.39 is 20.0 Å². The van der Waals surface area contributed by atoms with Crippen LogP contribution in [0, 0.1) is 0 Å². The van der Waals surface area contributed by atoms with E-state index in [1.165, 1.54) is 135 Å². The summed E-state index contributed by atoms with van der Waals surface area (Å²) >= 11 is 0. The fourth-order valence-electron chi connectivity index (χ4n) is 5.92. The number of carbonyl (C=O) groups is 1. The first-order valence-electron chi connectivity index (χ1n) is 20.6. The summed E-state index contributed by atoms with van der Waals surface area (Å²) in [4.78, 5) is 23.0. The number of aliphatic hydroxyl groups excluding tert-OH is 1. The van der Waals surface area contributed by atoms with Crippen molar-refractivity contribution in [2.45, 2.75) is 199 Å². The van der Waals surface area contributed by atoms with E-state index in [1.54, 1.807) is 6.08 Å². The number of nitrogens with zero attached hydrogens (tertiary/aromatic N) is 1. The number of nitrogens with one attached hydrogen (secondary N) is 1. The first-order valence-corrected chi connectivity index (χ1v) is 22.1. The minimum absolute atomic E-state index is 0.0643. The van der Waals surface area contributed by atoms with Crippen LogP contribution in [-0.2, 0) is 18.4 Å². The molecule has 0 aliphatic carbocycles. The van der Waals surface area contributed by atoms with E-state index >= 15 is 0 Å². The Balaban J connectivity index is 4.46. The van der Waals surface area contributed by atoms with Crippen molar-refractivity contribution in [1.82, 2.24) is 5.32 Å². The third kappa shape index (κ3) is 35.4. The molecule has 1 amide bonds.